The van der Waals surface area contributed by atoms with Crippen molar-refractivity contribution in [2.45, 2.75) is 52.7 Å². The van der Waals surface area contributed by atoms with Crippen LogP contribution in [0.2, 0.25) is 0 Å². The molecule has 0 atom stereocenters. The Balaban J connectivity index is 3.51. The summed E-state index contributed by atoms with van der Waals surface area (Å²) in [6, 6.07) is 1.35. The van der Waals surface area contributed by atoms with Crippen LogP contribution in [0, 0.1) is 0 Å². The number of nitrogens with zero attached hydrogens (tertiary/aromatic N) is 1. The lowest BCUT2D eigenvalue weighted by Crippen LogP contribution is -2.30. The maximum absolute atomic E-state index is 12.7. The summed E-state index contributed by atoms with van der Waals surface area (Å²) in [6.07, 6.45) is -0.781. The molecule has 0 aromatic carbocycles. The molecule has 0 aliphatic heterocycles. The number of carbonyl (C=O) groups excluding carboxylic acids is 2. The first-order chi connectivity index (χ1) is 12.0. The summed E-state index contributed by atoms with van der Waals surface area (Å²) in [6.45, 7) is 13.3. The van der Waals surface area contributed by atoms with E-state index in [0.717, 1.165) is 0 Å². The van der Waals surface area contributed by atoms with E-state index in [1.807, 2.05) is 0 Å². The molecule has 9 heteroatoms. The summed E-state index contributed by atoms with van der Waals surface area (Å²) in [4.78, 5) is 29.1. The topological polar surface area (TPSA) is 104 Å². The average molecular weight is 400 g/mol. The quantitative estimate of drug-likeness (QED) is 0.608. The third kappa shape index (κ3) is 7.21. The standard InChI is InChI=1S/C18H29N2O6P/c1-17(2,3)25-15(21)11-10-12(27(8,9)23)19-14(24-7)13(11)20-16(22)26-18(4,5)6/h10H,1-9H3,(H,20,22). The maximum Gasteiger partial charge on any atom is 0.412 e. The third-order valence-corrected chi connectivity index (χ3v) is 4.30. The van der Waals surface area contributed by atoms with Crippen LogP contribution in [0.1, 0.15) is 51.9 Å². The molecule has 1 rings (SSSR count). The van der Waals surface area contributed by atoms with Crippen LogP contribution in [0.25, 0.3) is 0 Å². The van der Waals surface area contributed by atoms with Gasteiger partial charge in [-0.1, -0.05) is 0 Å². The molecule has 1 aromatic heterocycles. The Morgan fingerprint density at radius 3 is 1.96 bits per heavy atom. The lowest BCUT2D eigenvalue weighted by atomic mass is 10.1. The molecular formula is C18H29N2O6P. The van der Waals surface area contributed by atoms with Gasteiger partial charge in [-0.2, -0.15) is 0 Å². The Kier molecular flexibility index (Phi) is 6.71. The molecule has 1 N–H and O–H groups in total. The van der Waals surface area contributed by atoms with Crippen molar-refractivity contribution in [1.82, 2.24) is 4.98 Å². The summed E-state index contributed by atoms with van der Waals surface area (Å²) >= 11 is 0. The van der Waals surface area contributed by atoms with Gasteiger partial charge < -0.3 is 18.8 Å². The van der Waals surface area contributed by atoms with Gasteiger partial charge >= 0.3 is 12.1 Å². The molecule has 27 heavy (non-hydrogen) atoms. The second-order valence-electron chi connectivity index (χ2n) is 8.39. The van der Waals surface area contributed by atoms with Gasteiger partial charge in [0.05, 0.1) is 12.7 Å². The SMILES string of the molecule is COc1nc(P(C)(C)=O)cc(C(=O)OC(C)(C)C)c1NC(=O)OC(C)(C)C. The van der Waals surface area contributed by atoms with Crippen LogP contribution in [-0.4, -0.2) is 48.7 Å². The van der Waals surface area contributed by atoms with Crippen LogP contribution in [-0.2, 0) is 14.0 Å². The number of carbonyl (C=O) groups is 2. The molecule has 0 spiro atoms. The first-order valence-corrected chi connectivity index (χ1v) is 11.0. The Bertz CT molecular complexity index is 771. The predicted octanol–water partition coefficient (Wildman–Crippen LogP) is 3.64. The number of hydrogen-bond acceptors (Lipinski definition) is 7. The maximum atomic E-state index is 12.7. The van der Waals surface area contributed by atoms with Gasteiger partial charge in [0.1, 0.15) is 29.5 Å². The number of aromatic nitrogens is 1. The second kappa shape index (κ2) is 7.89. The van der Waals surface area contributed by atoms with E-state index in [1.54, 1.807) is 41.5 Å². The van der Waals surface area contributed by atoms with E-state index in [2.05, 4.69) is 10.3 Å². The minimum absolute atomic E-state index is 0.00167. The molecular weight excluding hydrogens is 371 g/mol. The highest BCUT2D eigenvalue weighted by molar-refractivity contribution is 7.69. The molecule has 0 bridgehead atoms. The second-order valence-corrected chi connectivity index (χ2v) is 11.6. The fourth-order valence-corrected chi connectivity index (χ4v) is 2.72. The smallest absolute Gasteiger partial charge is 0.412 e. The van der Waals surface area contributed by atoms with Crippen molar-refractivity contribution >= 4 is 30.3 Å². The molecule has 0 unspecified atom stereocenters. The Labute approximate surface area is 160 Å². The van der Waals surface area contributed by atoms with Gasteiger partial charge in [-0.05, 0) is 60.9 Å². The Morgan fingerprint density at radius 1 is 1.04 bits per heavy atom. The van der Waals surface area contributed by atoms with Gasteiger partial charge in [-0.3, -0.25) is 5.32 Å². The monoisotopic (exact) mass is 400 g/mol. The van der Waals surface area contributed by atoms with Crippen LogP contribution >= 0.6 is 7.14 Å². The number of anilines is 1. The highest BCUT2D eigenvalue weighted by Gasteiger charge is 2.29. The molecule has 1 amide bonds. The van der Waals surface area contributed by atoms with Crippen LogP contribution in [0.4, 0.5) is 10.5 Å². The van der Waals surface area contributed by atoms with E-state index in [0.29, 0.717) is 0 Å². The Morgan fingerprint density at radius 2 is 1.56 bits per heavy atom. The third-order valence-electron chi connectivity index (χ3n) is 2.96. The largest absolute Gasteiger partial charge is 0.479 e. The summed E-state index contributed by atoms with van der Waals surface area (Å²) in [5.74, 6) is -0.757. The van der Waals surface area contributed by atoms with Crippen LogP contribution in [0.3, 0.4) is 0 Å². The van der Waals surface area contributed by atoms with Gasteiger partial charge in [0.2, 0.25) is 5.88 Å². The van der Waals surface area contributed by atoms with Crippen molar-refractivity contribution < 1.29 is 28.4 Å². The van der Waals surface area contributed by atoms with Crippen molar-refractivity contribution in [3.8, 4) is 5.88 Å². The lowest BCUT2D eigenvalue weighted by molar-refractivity contribution is 0.00704. The van der Waals surface area contributed by atoms with E-state index < -0.39 is 30.4 Å². The number of ether oxygens (including phenoxy) is 3. The van der Waals surface area contributed by atoms with E-state index in [4.69, 9.17) is 14.2 Å². The van der Waals surface area contributed by atoms with E-state index in [9.17, 15) is 14.2 Å². The lowest BCUT2D eigenvalue weighted by Gasteiger charge is -2.23. The fourth-order valence-electron chi connectivity index (χ4n) is 1.95. The molecule has 0 fully saturated rings. The highest BCUT2D eigenvalue weighted by Crippen LogP contribution is 2.37. The number of nitrogens with one attached hydrogen (secondary N) is 1. The zero-order valence-electron chi connectivity index (χ0n) is 17.4. The zero-order valence-corrected chi connectivity index (χ0v) is 18.3. The van der Waals surface area contributed by atoms with Crippen LogP contribution in [0.15, 0.2) is 6.07 Å². The van der Waals surface area contributed by atoms with Crippen molar-refractivity contribution in [3.05, 3.63) is 11.6 Å². The van der Waals surface area contributed by atoms with Crippen molar-refractivity contribution in [1.29, 1.82) is 0 Å². The summed E-state index contributed by atoms with van der Waals surface area (Å²) in [5, 5.41) is 2.49. The van der Waals surface area contributed by atoms with Crippen molar-refractivity contribution in [2.24, 2.45) is 0 Å². The van der Waals surface area contributed by atoms with Gasteiger partial charge in [0.25, 0.3) is 0 Å². The normalized spacial score (nSPS) is 12.3. The predicted molar refractivity (Wildman–Crippen MR) is 105 cm³/mol. The highest BCUT2D eigenvalue weighted by atomic mass is 31.2. The number of amides is 1. The van der Waals surface area contributed by atoms with Crippen LogP contribution < -0.4 is 15.5 Å². The van der Waals surface area contributed by atoms with Gasteiger partial charge in [-0.15, -0.1) is 0 Å². The summed E-state index contributed by atoms with van der Waals surface area (Å²) in [5.41, 5.74) is -1.33. The minimum atomic E-state index is -2.81. The van der Waals surface area contributed by atoms with E-state index in [1.165, 1.54) is 26.5 Å². The Hall–Kier alpha value is -2.08. The molecule has 0 saturated heterocycles. The molecule has 152 valence electrons. The molecule has 0 radical (unpaired) electrons. The molecule has 8 nitrogen and oxygen atoms in total. The number of pyridine rings is 1. The first-order valence-electron chi connectivity index (χ1n) is 8.41. The molecule has 1 aromatic rings. The number of hydrogen-bond donors (Lipinski definition) is 1. The molecule has 1 heterocycles. The number of methoxy groups -OCH3 is 1. The van der Waals surface area contributed by atoms with Crippen molar-refractivity contribution in [3.63, 3.8) is 0 Å². The zero-order chi connectivity index (χ0) is 21.2. The van der Waals surface area contributed by atoms with E-state index >= 15 is 0 Å². The summed E-state index contributed by atoms with van der Waals surface area (Å²) < 4.78 is 28.4. The van der Waals surface area contributed by atoms with Gasteiger partial charge in [0.15, 0.2) is 0 Å². The summed E-state index contributed by atoms with van der Waals surface area (Å²) in [7, 11) is -1.47. The molecule has 0 aliphatic rings. The number of rotatable bonds is 4. The molecule has 0 saturated carbocycles. The minimum Gasteiger partial charge on any atom is -0.479 e. The average Bonchev–Trinajstić information content (AvgIpc) is 2.41. The van der Waals surface area contributed by atoms with Crippen LogP contribution in [0.5, 0.6) is 5.88 Å². The van der Waals surface area contributed by atoms with Crippen molar-refractivity contribution in [2.75, 3.05) is 25.8 Å². The fraction of sp³-hybridized carbons (Fsp3) is 0.611. The first kappa shape index (κ1) is 23.0. The van der Waals surface area contributed by atoms with Gasteiger partial charge in [-0.25, -0.2) is 14.6 Å². The van der Waals surface area contributed by atoms with Gasteiger partial charge in [0, 0.05) is 0 Å². The van der Waals surface area contributed by atoms with E-state index in [-0.39, 0.29) is 22.6 Å². The molecule has 0 aliphatic carbocycles. The number of esters is 1.